The Labute approximate surface area is 97.9 Å². The molecule has 1 atom stereocenters. The molecule has 1 aliphatic rings. The van der Waals surface area contributed by atoms with Crippen LogP contribution in [0.3, 0.4) is 0 Å². The number of phenols is 1. The molecule has 0 unspecified atom stereocenters. The van der Waals surface area contributed by atoms with Crippen molar-refractivity contribution in [1.82, 2.24) is 0 Å². The first-order chi connectivity index (χ1) is 7.87. The number of benzene rings is 1. The number of methoxy groups -OCH3 is 1. The summed E-state index contributed by atoms with van der Waals surface area (Å²) >= 11 is 0. The summed E-state index contributed by atoms with van der Waals surface area (Å²) in [6.45, 7) is 4.92. The predicted molar refractivity (Wildman–Crippen MR) is 58.8 cm³/mol. The molecule has 0 spiro atoms. The van der Waals surface area contributed by atoms with E-state index in [1.807, 2.05) is 0 Å². The number of aliphatic hydroxyl groups is 1. The van der Waals surface area contributed by atoms with Crippen molar-refractivity contribution in [3.8, 4) is 11.5 Å². The molecule has 0 bridgehead atoms. The summed E-state index contributed by atoms with van der Waals surface area (Å²) in [4.78, 5) is 11.6. The van der Waals surface area contributed by atoms with Gasteiger partial charge in [-0.3, -0.25) is 0 Å². The molecule has 0 saturated carbocycles. The normalized spacial score (nSPS) is 23.0. The van der Waals surface area contributed by atoms with E-state index in [2.05, 4.69) is 6.58 Å². The Morgan fingerprint density at radius 3 is 2.71 bits per heavy atom. The Kier molecular flexibility index (Phi) is 2.36. The SMILES string of the molecule is C=C1OC(=O)c2c(O)cc(OC)cc2[C@@]1(C)O. The highest BCUT2D eigenvalue weighted by atomic mass is 16.6. The van der Waals surface area contributed by atoms with Crippen molar-refractivity contribution in [2.24, 2.45) is 0 Å². The number of hydrogen-bond donors (Lipinski definition) is 2. The van der Waals surface area contributed by atoms with E-state index in [9.17, 15) is 15.0 Å². The zero-order valence-electron chi connectivity index (χ0n) is 9.48. The van der Waals surface area contributed by atoms with Crippen molar-refractivity contribution in [3.63, 3.8) is 0 Å². The molecule has 1 aliphatic heterocycles. The molecule has 2 N–H and O–H groups in total. The molecule has 5 heteroatoms. The molecule has 90 valence electrons. The third kappa shape index (κ3) is 1.55. The number of ether oxygens (including phenoxy) is 2. The smallest absolute Gasteiger partial charge is 0.347 e. The molecule has 0 aromatic heterocycles. The van der Waals surface area contributed by atoms with Crippen LogP contribution in [0.25, 0.3) is 0 Å². The van der Waals surface area contributed by atoms with E-state index in [0.717, 1.165) is 0 Å². The average molecular weight is 236 g/mol. The highest BCUT2D eigenvalue weighted by Gasteiger charge is 2.41. The van der Waals surface area contributed by atoms with Crippen molar-refractivity contribution in [1.29, 1.82) is 0 Å². The lowest BCUT2D eigenvalue weighted by Crippen LogP contribution is -2.34. The largest absolute Gasteiger partial charge is 0.507 e. The first kappa shape index (κ1) is 11.5. The molecule has 17 heavy (non-hydrogen) atoms. The second-order valence-corrected chi connectivity index (χ2v) is 3.95. The Morgan fingerprint density at radius 1 is 1.47 bits per heavy atom. The molecule has 5 nitrogen and oxygen atoms in total. The fraction of sp³-hybridized carbons (Fsp3) is 0.250. The second kappa shape index (κ2) is 3.49. The Balaban J connectivity index is 2.75. The van der Waals surface area contributed by atoms with Crippen molar-refractivity contribution in [2.45, 2.75) is 12.5 Å². The van der Waals surface area contributed by atoms with Crippen LogP contribution in [-0.4, -0.2) is 23.3 Å². The number of aromatic hydroxyl groups is 1. The highest BCUT2D eigenvalue weighted by Crippen LogP contribution is 2.42. The van der Waals surface area contributed by atoms with E-state index in [0.29, 0.717) is 5.75 Å². The van der Waals surface area contributed by atoms with Gasteiger partial charge >= 0.3 is 5.97 Å². The van der Waals surface area contributed by atoms with Gasteiger partial charge in [-0.25, -0.2) is 4.79 Å². The van der Waals surface area contributed by atoms with Crippen molar-refractivity contribution >= 4 is 5.97 Å². The van der Waals surface area contributed by atoms with Gasteiger partial charge in [-0.05, 0) is 13.0 Å². The number of fused-ring (bicyclic) bond motifs is 1. The molecule has 0 aliphatic carbocycles. The minimum atomic E-state index is -1.55. The van der Waals surface area contributed by atoms with Gasteiger partial charge in [-0.15, -0.1) is 0 Å². The van der Waals surface area contributed by atoms with Crippen LogP contribution in [-0.2, 0) is 10.3 Å². The number of phenolic OH excluding ortho intramolecular Hbond substituents is 1. The van der Waals surface area contributed by atoms with Crippen molar-refractivity contribution in [3.05, 3.63) is 35.6 Å². The molecule has 0 radical (unpaired) electrons. The molecule has 0 saturated heterocycles. The standard InChI is InChI=1S/C12H12O5/c1-6-12(2,15)8-4-7(16-3)5-9(13)10(8)11(14)17-6/h4-5,13,15H,1H2,2-3H3/t12-/m0/s1. The Morgan fingerprint density at radius 2 is 2.12 bits per heavy atom. The van der Waals surface area contributed by atoms with Crippen LogP contribution in [0.5, 0.6) is 11.5 Å². The number of cyclic esters (lactones) is 1. The fourth-order valence-corrected chi connectivity index (χ4v) is 1.73. The van der Waals surface area contributed by atoms with E-state index < -0.39 is 11.6 Å². The predicted octanol–water partition coefficient (Wildman–Crippen LogP) is 1.29. The van der Waals surface area contributed by atoms with Crippen LogP contribution in [0.4, 0.5) is 0 Å². The summed E-state index contributed by atoms with van der Waals surface area (Å²) in [6, 6.07) is 2.75. The van der Waals surface area contributed by atoms with Gasteiger partial charge in [-0.2, -0.15) is 0 Å². The van der Waals surface area contributed by atoms with Crippen molar-refractivity contribution < 1.29 is 24.5 Å². The second-order valence-electron chi connectivity index (χ2n) is 3.95. The number of hydrogen-bond acceptors (Lipinski definition) is 5. The molecule has 1 heterocycles. The van der Waals surface area contributed by atoms with Gasteiger partial charge in [0.05, 0.1) is 7.11 Å². The number of carbonyl (C=O) groups excluding carboxylic acids is 1. The minimum absolute atomic E-state index is 0.0665. The summed E-state index contributed by atoms with van der Waals surface area (Å²) < 4.78 is 9.77. The third-order valence-electron chi connectivity index (χ3n) is 2.81. The fourth-order valence-electron chi connectivity index (χ4n) is 1.73. The van der Waals surface area contributed by atoms with Crippen LogP contribution < -0.4 is 4.74 Å². The van der Waals surface area contributed by atoms with Gasteiger partial charge in [0.2, 0.25) is 0 Å². The van der Waals surface area contributed by atoms with Gasteiger partial charge in [0.25, 0.3) is 0 Å². The van der Waals surface area contributed by atoms with Crippen LogP contribution >= 0.6 is 0 Å². The van der Waals surface area contributed by atoms with E-state index in [-0.39, 0.29) is 22.6 Å². The Bertz CT molecular complexity index is 516. The first-order valence-corrected chi connectivity index (χ1v) is 4.93. The monoisotopic (exact) mass is 236 g/mol. The van der Waals surface area contributed by atoms with Gasteiger partial charge in [0, 0.05) is 11.6 Å². The summed E-state index contributed by atoms with van der Waals surface area (Å²) in [5, 5.41) is 19.9. The molecule has 0 fully saturated rings. The zero-order valence-corrected chi connectivity index (χ0v) is 9.48. The van der Waals surface area contributed by atoms with Crippen LogP contribution in [0.1, 0.15) is 22.8 Å². The summed E-state index contributed by atoms with van der Waals surface area (Å²) in [6.07, 6.45) is 0. The summed E-state index contributed by atoms with van der Waals surface area (Å²) in [5.74, 6) is -0.777. The van der Waals surface area contributed by atoms with Crippen LogP contribution in [0.2, 0.25) is 0 Å². The molecular weight excluding hydrogens is 224 g/mol. The van der Waals surface area contributed by atoms with Gasteiger partial charge < -0.3 is 19.7 Å². The van der Waals surface area contributed by atoms with E-state index in [1.54, 1.807) is 0 Å². The van der Waals surface area contributed by atoms with Gasteiger partial charge in [-0.1, -0.05) is 6.58 Å². The molecule has 1 aromatic rings. The van der Waals surface area contributed by atoms with Crippen LogP contribution in [0.15, 0.2) is 24.5 Å². The third-order valence-corrected chi connectivity index (χ3v) is 2.81. The molecule has 1 aromatic carbocycles. The lowest BCUT2D eigenvalue weighted by atomic mass is 9.87. The maximum Gasteiger partial charge on any atom is 0.347 e. The quantitative estimate of drug-likeness (QED) is 0.718. The molecule has 0 amide bonds. The zero-order chi connectivity index (χ0) is 12.8. The highest BCUT2D eigenvalue weighted by molar-refractivity contribution is 5.97. The maximum atomic E-state index is 11.6. The summed E-state index contributed by atoms with van der Waals surface area (Å²) in [7, 11) is 1.42. The molecular formula is C12H12O5. The minimum Gasteiger partial charge on any atom is -0.507 e. The number of esters is 1. The van der Waals surface area contributed by atoms with Gasteiger partial charge in [0.1, 0.15) is 28.4 Å². The average Bonchev–Trinajstić information content (AvgIpc) is 2.25. The number of rotatable bonds is 1. The molecule has 2 rings (SSSR count). The van der Waals surface area contributed by atoms with E-state index in [4.69, 9.17) is 9.47 Å². The topological polar surface area (TPSA) is 76.0 Å². The van der Waals surface area contributed by atoms with E-state index >= 15 is 0 Å². The lowest BCUT2D eigenvalue weighted by molar-refractivity contribution is 0.00825. The Hall–Kier alpha value is -2.01. The summed E-state index contributed by atoms with van der Waals surface area (Å²) in [5.41, 5.74) is -1.39. The maximum absolute atomic E-state index is 11.6. The first-order valence-electron chi connectivity index (χ1n) is 4.93. The van der Waals surface area contributed by atoms with E-state index in [1.165, 1.54) is 26.2 Å². The lowest BCUT2D eigenvalue weighted by Gasteiger charge is -2.32. The van der Waals surface area contributed by atoms with Crippen molar-refractivity contribution in [2.75, 3.05) is 7.11 Å². The van der Waals surface area contributed by atoms with Crippen LogP contribution in [0, 0.1) is 0 Å². The van der Waals surface area contributed by atoms with Gasteiger partial charge in [0.15, 0.2) is 0 Å². The number of carbonyl (C=O) groups is 1.